The summed E-state index contributed by atoms with van der Waals surface area (Å²) in [5.41, 5.74) is 5.96. The van der Waals surface area contributed by atoms with Crippen molar-refractivity contribution in [3.05, 3.63) is 12.2 Å². The fraction of sp³-hybridized carbons (Fsp3) is 0.852. The molecule has 2 aliphatic heterocycles. The Kier molecular flexibility index (Phi) is 13.4. The van der Waals surface area contributed by atoms with E-state index in [1.807, 2.05) is 19.9 Å². The Morgan fingerprint density at radius 1 is 1.15 bits per heavy atom. The Balaban J connectivity index is 2.32. The lowest BCUT2D eigenvalue weighted by atomic mass is 9.86. The van der Waals surface area contributed by atoms with E-state index in [1.165, 1.54) is 0 Å². The van der Waals surface area contributed by atoms with E-state index in [1.54, 1.807) is 26.8 Å². The fourth-order valence-electron chi connectivity index (χ4n) is 4.78. The van der Waals surface area contributed by atoms with Gasteiger partial charge in [-0.25, -0.2) is 4.79 Å². The highest BCUT2D eigenvalue weighted by molar-refractivity contribution is 5.75. The molecule has 14 nitrogen and oxygen atoms in total. The lowest BCUT2D eigenvalue weighted by Crippen LogP contribution is -2.64. The van der Waals surface area contributed by atoms with Crippen LogP contribution in [0.25, 0.3) is 0 Å². The molecule has 238 valence electrons. The van der Waals surface area contributed by atoms with Crippen molar-refractivity contribution in [1.29, 1.82) is 0 Å². The maximum Gasteiger partial charge on any atom is 0.315 e. The number of nitrogens with one attached hydrogen (secondary N) is 2. The number of amides is 2. The van der Waals surface area contributed by atoms with Crippen LogP contribution in [0, 0.1) is 11.8 Å². The molecule has 2 heterocycles. The third-order valence-electron chi connectivity index (χ3n) is 7.32. The summed E-state index contributed by atoms with van der Waals surface area (Å²) in [5.74, 6) is -3.12. The summed E-state index contributed by atoms with van der Waals surface area (Å²) < 4.78 is 17.8. The third-order valence-corrected chi connectivity index (χ3v) is 7.32. The van der Waals surface area contributed by atoms with Crippen LogP contribution in [0.3, 0.4) is 0 Å². The average molecular weight is 592 g/mol. The second-order valence-electron chi connectivity index (χ2n) is 11.8. The average Bonchev–Trinajstić information content (AvgIpc) is 2.86. The number of rotatable bonds is 13. The first kappa shape index (κ1) is 35.3. The summed E-state index contributed by atoms with van der Waals surface area (Å²) in [6.07, 6.45) is -5.86. The Morgan fingerprint density at radius 2 is 1.80 bits per heavy atom. The van der Waals surface area contributed by atoms with Crippen LogP contribution in [-0.4, -0.2) is 116 Å². The highest BCUT2D eigenvalue weighted by Gasteiger charge is 2.49. The largest absolute Gasteiger partial charge is 0.481 e. The molecule has 2 amide bonds. The number of hydrogen-bond donors (Lipinski definition) is 9. The summed E-state index contributed by atoms with van der Waals surface area (Å²) in [4.78, 5) is 23.4. The maximum atomic E-state index is 12.6. The first-order valence-electron chi connectivity index (χ1n) is 14.2. The first-order valence-corrected chi connectivity index (χ1v) is 14.2. The number of aliphatic hydroxyl groups excluding tert-OH is 4. The molecule has 0 bridgehead atoms. The predicted molar refractivity (Wildman–Crippen MR) is 146 cm³/mol. The molecule has 2 aliphatic rings. The number of aliphatic carboxylic acids is 1. The van der Waals surface area contributed by atoms with Crippen LogP contribution in [0.4, 0.5) is 4.79 Å². The fourth-order valence-corrected chi connectivity index (χ4v) is 4.78. The van der Waals surface area contributed by atoms with Gasteiger partial charge in [-0.2, -0.15) is 0 Å². The number of carboxylic acids is 1. The molecule has 0 aromatic rings. The zero-order valence-electron chi connectivity index (χ0n) is 24.4. The molecule has 14 heteroatoms. The molecule has 11 atom stereocenters. The van der Waals surface area contributed by atoms with Crippen molar-refractivity contribution in [3.63, 3.8) is 0 Å². The van der Waals surface area contributed by atoms with E-state index in [-0.39, 0.29) is 44.1 Å². The number of carbonyl (C=O) groups is 2. The van der Waals surface area contributed by atoms with Crippen LogP contribution >= 0.6 is 0 Å². The van der Waals surface area contributed by atoms with Crippen molar-refractivity contribution in [2.75, 3.05) is 6.54 Å². The standard InChI is InChI=1S/C27H49N3O11/c1-13(2)6-7-16(40-25-24(36)21(28)23(35)15(5)39-25)10-19-22(30-26(37)29-9-8-20(33)34)18(32)12-27(38,41-19)11-17(31)14(3)4/h6-7,13-19,21-25,31-32,35-36,38H,8-12,28H2,1-5H3,(H,33,34)(H2,29,30,37)/b7-6+/t15?,16-,17+,18?,19?,21?,22+,23?,24?,25?,27+/m0/s1. The molecule has 0 spiro atoms. The topological polar surface area (TPSA) is 233 Å². The molecule has 2 rings (SSSR count). The molecule has 0 saturated carbocycles. The van der Waals surface area contributed by atoms with Gasteiger partial charge in [0.1, 0.15) is 6.10 Å². The molecule has 10 N–H and O–H groups in total. The van der Waals surface area contributed by atoms with Gasteiger partial charge in [0.2, 0.25) is 0 Å². The summed E-state index contributed by atoms with van der Waals surface area (Å²) in [6.45, 7) is 8.86. The second-order valence-corrected chi connectivity index (χ2v) is 11.8. The molecule has 41 heavy (non-hydrogen) atoms. The van der Waals surface area contributed by atoms with Gasteiger partial charge in [0.15, 0.2) is 12.1 Å². The minimum Gasteiger partial charge on any atom is -0.481 e. The number of ether oxygens (including phenoxy) is 3. The minimum absolute atomic E-state index is 0.0425. The van der Waals surface area contributed by atoms with E-state index in [4.69, 9.17) is 25.1 Å². The van der Waals surface area contributed by atoms with Crippen molar-refractivity contribution >= 4 is 12.0 Å². The minimum atomic E-state index is -1.93. The van der Waals surface area contributed by atoms with E-state index in [0.717, 1.165) is 0 Å². The number of carbonyl (C=O) groups excluding carboxylic acids is 1. The Bertz CT molecular complexity index is 875. The van der Waals surface area contributed by atoms with Crippen molar-refractivity contribution in [1.82, 2.24) is 10.6 Å². The SMILES string of the molecule is CC(C)/C=C/[C@@H](CC1O[C@](O)(C[C@@H](O)C(C)C)CC(O)[C@H]1NC(=O)NCCC(=O)O)OC1OC(C)C(O)C(N)C1O. The number of aliphatic hydroxyl groups is 5. The van der Waals surface area contributed by atoms with Gasteiger partial charge in [-0.15, -0.1) is 0 Å². The lowest BCUT2D eigenvalue weighted by molar-refractivity contribution is -0.303. The van der Waals surface area contributed by atoms with E-state index >= 15 is 0 Å². The van der Waals surface area contributed by atoms with E-state index < -0.39 is 78.9 Å². The summed E-state index contributed by atoms with van der Waals surface area (Å²) in [5, 5.41) is 67.4. The van der Waals surface area contributed by atoms with E-state index in [9.17, 15) is 35.1 Å². The quantitative estimate of drug-likeness (QED) is 0.119. The summed E-state index contributed by atoms with van der Waals surface area (Å²) in [7, 11) is 0. The molecule has 0 aliphatic carbocycles. The number of urea groups is 1. The van der Waals surface area contributed by atoms with E-state index in [2.05, 4.69) is 10.6 Å². The van der Waals surface area contributed by atoms with Gasteiger partial charge in [0.05, 0.1) is 55.1 Å². The van der Waals surface area contributed by atoms with Crippen molar-refractivity contribution in [3.8, 4) is 0 Å². The maximum absolute atomic E-state index is 12.6. The Labute approximate surface area is 240 Å². The van der Waals surface area contributed by atoms with Gasteiger partial charge in [-0.1, -0.05) is 39.8 Å². The van der Waals surface area contributed by atoms with Gasteiger partial charge in [0, 0.05) is 25.8 Å². The Hall–Kier alpha value is -1.88. The van der Waals surface area contributed by atoms with Crippen LogP contribution in [0.5, 0.6) is 0 Å². The first-order chi connectivity index (χ1) is 19.0. The zero-order valence-corrected chi connectivity index (χ0v) is 24.4. The smallest absolute Gasteiger partial charge is 0.315 e. The molecular weight excluding hydrogens is 542 g/mol. The van der Waals surface area contributed by atoms with Gasteiger partial charge < -0.3 is 61.2 Å². The monoisotopic (exact) mass is 591 g/mol. The number of hydrogen-bond acceptors (Lipinski definition) is 11. The number of nitrogens with two attached hydrogens (primary N) is 1. The zero-order chi connectivity index (χ0) is 31.1. The summed E-state index contributed by atoms with van der Waals surface area (Å²) >= 11 is 0. The van der Waals surface area contributed by atoms with Crippen LogP contribution in [-0.2, 0) is 19.0 Å². The number of carboxylic acid groups (broad SMARTS) is 1. The summed E-state index contributed by atoms with van der Waals surface area (Å²) in [6, 6.07) is -2.83. The molecule has 2 saturated heterocycles. The molecular formula is C27H49N3O11. The van der Waals surface area contributed by atoms with Crippen molar-refractivity contribution in [2.24, 2.45) is 17.6 Å². The molecule has 0 aromatic heterocycles. The molecule has 7 unspecified atom stereocenters. The van der Waals surface area contributed by atoms with E-state index in [0.29, 0.717) is 0 Å². The van der Waals surface area contributed by atoms with Gasteiger partial charge in [0.25, 0.3) is 0 Å². The molecule has 0 radical (unpaired) electrons. The van der Waals surface area contributed by atoms with Crippen LogP contribution in [0.2, 0.25) is 0 Å². The highest BCUT2D eigenvalue weighted by Crippen LogP contribution is 2.35. The Morgan fingerprint density at radius 3 is 2.39 bits per heavy atom. The van der Waals surface area contributed by atoms with Crippen molar-refractivity contribution < 1.29 is 54.4 Å². The molecule has 0 aromatic carbocycles. The van der Waals surface area contributed by atoms with Crippen LogP contribution in [0.15, 0.2) is 12.2 Å². The third kappa shape index (κ3) is 10.7. The molecule has 2 fully saturated rings. The highest BCUT2D eigenvalue weighted by atomic mass is 16.7. The van der Waals surface area contributed by atoms with Gasteiger partial charge in [-0.3, -0.25) is 4.79 Å². The van der Waals surface area contributed by atoms with Gasteiger partial charge in [-0.05, 0) is 18.8 Å². The number of allylic oxidation sites excluding steroid dienone is 1. The normalized spacial score (nSPS) is 35.9. The van der Waals surface area contributed by atoms with Crippen molar-refractivity contribution in [2.45, 2.75) is 127 Å². The lowest BCUT2D eigenvalue weighted by Gasteiger charge is -2.46. The van der Waals surface area contributed by atoms with Crippen LogP contribution in [0.1, 0.15) is 60.3 Å². The van der Waals surface area contributed by atoms with Gasteiger partial charge >= 0.3 is 12.0 Å². The second kappa shape index (κ2) is 15.5. The van der Waals surface area contributed by atoms with Crippen LogP contribution < -0.4 is 16.4 Å². The predicted octanol–water partition coefficient (Wildman–Crippen LogP) is -0.844.